The van der Waals surface area contributed by atoms with Crippen LogP contribution in [0.25, 0.3) is 0 Å². The van der Waals surface area contributed by atoms with Crippen molar-refractivity contribution in [2.45, 2.75) is 13.0 Å². The quantitative estimate of drug-likeness (QED) is 0.871. The van der Waals surface area contributed by atoms with Crippen LogP contribution in [-0.2, 0) is 4.79 Å². The van der Waals surface area contributed by atoms with Crippen molar-refractivity contribution >= 4 is 34.8 Å². The average molecular weight is 349 g/mol. The molecule has 0 bridgehead atoms. The molecular formula is C17H16Cl2N3O+. The van der Waals surface area contributed by atoms with E-state index in [0.717, 1.165) is 5.56 Å². The summed E-state index contributed by atoms with van der Waals surface area (Å²) in [6, 6.07) is 14.5. The number of amides is 1. The first-order valence-corrected chi connectivity index (χ1v) is 7.83. The predicted octanol–water partition coefficient (Wildman–Crippen LogP) is 3.13. The van der Waals surface area contributed by atoms with E-state index in [1.807, 2.05) is 42.6 Å². The molecule has 4 nitrogen and oxygen atoms in total. The molecule has 0 aliphatic heterocycles. The van der Waals surface area contributed by atoms with Crippen molar-refractivity contribution in [3.8, 4) is 6.07 Å². The molecule has 23 heavy (non-hydrogen) atoms. The van der Waals surface area contributed by atoms with Crippen LogP contribution in [0.4, 0.5) is 5.69 Å². The molecule has 0 saturated carbocycles. The second kappa shape index (κ2) is 7.98. The number of quaternary nitrogens is 1. The number of rotatable bonds is 5. The number of anilines is 1. The number of carbonyl (C=O) groups is 1. The highest BCUT2D eigenvalue weighted by atomic mass is 35.5. The summed E-state index contributed by atoms with van der Waals surface area (Å²) in [6.07, 6.45) is 0. The number of nitriles is 1. The first-order chi connectivity index (χ1) is 11.0. The highest BCUT2D eigenvalue weighted by molar-refractivity contribution is 6.32. The number of benzene rings is 2. The number of halogens is 2. The fraction of sp³-hybridized carbons (Fsp3) is 0.176. The molecule has 1 amide bonds. The topological polar surface area (TPSA) is 69.5 Å². The molecular weight excluding hydrogens is 333 g/mol. The molecule has 0 radical (unpaired) electrons. The summed E-state index contributed by atoms with van der Waals surface area (Å²) < 4.78 is 0. The van der Waals surface area contributed by atoms with Crippen molar-refractivity contribution < 1.29 is 10.1 Å². The van der Waals surface area contributed by atoms with Crippen LogP contribution in [0.2, 0.25) is 10.0 Å². The Morgan fingerprint density at radius 1 is 1.26 bits per heavy atom. The van der Waals surface area contributed by atoms with E-state index in [1.165, 1.54) is 0 Å². The van der Waals surface area contributed by atoms with Gasteiger partial charge in [0.1, 0.15) is 12.1 Å². The van der Waals surface area contributed by atoms with Gasteiger partial charge in [-0.2, -0.15) is 5.26 Å². The number of hydrogen-bond donors (Lipinski definition) is 2. The molecule has 2 aromatic carbocycles. The van der Waals surface area contributed by atoms with Crippen LogP contribution >= 0.6 is 23.2 Å². The lowest BCUT2D eigenvalue weighted by Gasteiger charge is -2.11. The molecule has 0 aromatic heterocycles. The zero-order chi connectivity index (χ0) is 16.8. The molecule has 0 fully saturated rings. The van der Waals surface area contributed by atoms with E-state index < -0.39 is 0 Å². The summed E-state index contributed by atoms with van der Waals surface area (Å²) in [5.41, 5.74) is 2.06. The molecule has 0 heterocycles. The molecule has 2 aromatic rings. The predicted molar refractivity (Wildman–Crippen MR) is 91.5 cm³/mol. The SMILES string of the molecule is C[C@@H]([NH2+]CC(=O)Nc1ccc(C#N)c(Cl)c1)c1ccc(Cl)cc1. The maximum absolute atomic E-state index is 12.0. The van der Waals surface area contributed by atoms with Crippen molar-refractivity contribution in [3.63, 3.8) is 0 Å². The van der Waals surface area contributed by atoms with Gasteiger partial charge in [0.05, 0.1) is 10.6 Å². The first kappa shape index (κ1) is 17.3. The third-order valence-corrected chi connectivity index (χ3v) is 3.99. The summed E-state index contributed by atoms with van der Waals surface area (Å²) >= 11 is 11.8. The normalized spacial score (nSPS) is 11.6. The molecule has 6 heteroatoms. The lowest BCUT2D eigenvalue weighted by Crippen LogP contribution is -2.86. The Kier molecular flexibility index (Phi) is 6.00. The van der Waals surface area contributed by atoms with Gasteiger partial charge in [-0.1, -0.05) is 35.3 Å². The standard InChI is InChI=1S/C17H15Cl2N3O/c1-11(12-2-5-14(18)6-3-12)21-10-17(23)22-15-7-4-13(9-20)16(19)8-15/h2-8,11,21H,10H2,1H3,(H,22,23)/p+1/t11-/m1/s1. The largest absolute Gasteiger partial charge is 0.333 e. The smallest absolute Gasteiger partial charge is 0.279 e. The Morgan fingerprint density at radius 2 is 1.96 bits per heavy atom. The van der Waals surface area contributed by atoms with E-state index in [4.69, 9.17) is 28.5 Å². The van der Waals surface area contributed by atoms with E-state index in [1.54, 1.807) is 18.2 Å². The fourth-order valence-corrected chi connectivity index (χ4v) is 2.43. The summed E-state index contributed by atoms with van der Waals surface area (Å²) in [6.45, 7) is 2.30. The zero-order valence-corrected chi connectivity index (χ0v) is 14.0. The number of carbonyl (C=O) groups excluding carboxylic acids is 1. The first-order valence-electron chi connectivity index (χ1n) is 7.08. The monoisotopic (exact) mass is 348 g/mol. The summed E-state index contributed by atoms with van der Waals surface area (Å²) in [5, 5.41) is 14.5. The Labute approximate surface area is 145 Å². The lowest BCUT2D eigenvalue weighted by molar-refractivity contribution is -0.682. The number of hydrogen-bond acceptors (Lipinski definition) is 2. The lowest BCUT2D eigenvalue weighted by atomic mass is 10.1. The Hall–Kier alpha value is -2.06. The molecule has 1 atom stereocenters. The van der Waals surface area contributed by atoms with E-state index in [2.05, 4.69) is 5.32 Å². The van der Waals surface area contributed by atoms with Crippen LogP contribution in [-0.4, -0.2) is 12.5 Å². The third kappa shape index (κ3) is 4.97. The summed E-state index contributed by atoms with van der Waals surface area (Å²) in [5.74, 6) is -0.133. The molecule has 0 aliphatic carbocycles. The fourth-order valence-electron chi connectivity index (χ4n) is 2.08. The van der Waals surface area contributed by atoms with Crippen LogP contribution in [0, 0.1) is 11.3 Å². The van der Waals surface area contributed by atoms with Crippen molar-refractivity contribution in [3.05, 3.63) is 63.6 Å². The second-order valence-electron chi connectivity index (χ2n) is 5.13. The molecule has 118 valence electrons. The van der Waals surface area contributed by atoms with Gasteiger partial charge in [0.15, 0.2) is 6.54 Å². The van der Waals surface area contributed by atoms with Gasteiger partial charge in [-0.3, -0.25) is 4.79 Å². The maximum atomic E-state index is 12.0. The average Bonchev–Trinajstić information content (AvgIpc) is 2.53. The molecule has 0 spiro atoms. The third-order valence-electron chi connectivity index (χ3n) is 3.43. The van der Waals surface area contributed by atoms with E-state index in [-0.39, 0.29) is 18.5 Å². The van der Waals surface area contributed by atoms with Crippen LogP contribution in [0.3, 0.4) is 0 Å². The Bertz CT molecular complexity index is 738. The van der Waals surface area contributed by atoms with Gasteiger partial charge >= 0.3 is 0 Å². The highest BCUT2D eigenvalue weighted by Gasteiger charge is 2.12. The van der Waals surface area contributed by atoms with Gasteiger partial charge in [0, 0.05) is 16.3 Å². The molecule has 2 rings (SSSR count). The Balaban J connectivity index is 1.89. The van der Waals surface area contributed by atoms with E-state index >= 15 is 0 Å². The van der Waals surface area contributed by atoms with E-state index in [0.29, 0.717) is 21.3 Å². The summed E-state index contributed by atoms with van der Waals surface area (Å²) in [4.78, 5) is 12.0. The minimum absolute atomic E-state index is 0.133. The Morgan fingerprint density at radius 3 is 2.57 bits per heavy atom. The highest BCUT2D eigenvalue weighted by Crippen LogP contribution is 2.20. The number of nitrogens with one attached hydrogen (secondary N) is 1. The minimum Gasteiger partial charge on any atom is -0.333 e. The molecule has 3 N–H and O–H groups in total. The van der Waals surface area contributed by atoms with E-state index in [9.17, 15) is 4.79 Å². The second-order valence-corrected chi connectivity index (χ2v) is 5.98. The maximum Gasteiger partial charge on any atom is 0.279 e. The van der Waals surface area contributed by atoms with Gasteiger partial charge in [0.2, 0.25) is 0 Å². The minimum atomic E-state index is -0.133. The van der Waals surface area contributed by atoms with Gasteiger partial charge < -0.3 is 10.6 Å². The zero-order valence-electron chi connectivity index (χ0n) is 12.5. The van der Waals surface area contributed by atoms with Crippen LogP contribution < -0.4 is 10.6 Å². The van der Waals surface area contributed by atoms with Crippen LogP contribution in [0.5, 0.6) is 0 Å². The van der Waals surface area contributed by atoms with Crippen molar-refractivity contribution in [2.75, 3.05) is 11.9 Å². The van der Waals surface area contributed by atoms with Gasteiger partial charge in [-0.15, -0.1) is 0 Å². The van der Waals surface area contributed by atoms with Crippen molar-refractivity contribution in [2.24, 2.45) is 0 Å². The summed E-state index contributed by atoms with van der Waals surface area (Å²) in [7, 11) is 0. The van der Waals surface area contributed by atoms with Gasteiger partial charge in [-0.05, 0) is 37.3 Å². The number of nitrogens with zero attached hydrogens (tertiary/aromatic N) is 1. The van der Waals surface area contributed by atoms with Crippen LogP contribution in [0.15, 0.2) is 42.5 Å². The molecule has 0 aliphatic rings. The van der Waals surface area contributed by atoms with Gasteiger partial charge in [-0.25, -0.2) is 0 Å². The van der Waals surface area contributed by atoms with Crippen molar-refractivity contribution in [1.82, 2.24) is 0 Å². The molecule has 0 unspecified atom stereocenters. The molecule has 0 saturated heterocycles. The van der Waals surface area contributed by atoms with Gasteiger partial charge in [0.25, 0.3) is 5.91 Å². The number of nitrogens with two attached hydrogens (primary N) is 1. The van der Waals surface area contributed by atoms with Crippen LogP contribution in [0.1, 0.15) is 24.1 Å². The van der Waals surface area contributed by atoms with Crippen molar-refractivity contribution in [1.29, 1.82) is 5.26 Å².